The number of sulfone groups is 1. The van der Waals surface area contributed by atoms with Crippen LogP contribution in [0.4, 0.5) is 0 Å². The first kappa shape index (κ1) is 18.3. The molecule has 3 aromatic carbocycles. The van der Waals surface area contributed by atoms with Crippen LogP contribution in [0.2, 0.25) is 5.02 Å². The van der Waals surface area contributed by atoms with Crippen molar-refractivity contribution in [2.45, 2.75) is 9.79 Å². The summed E-state index contributed by atoms with van der Waals surface area (Å²) in [6.45, 7) is 0. The van der Waals surface area contributed by atoms with Gasteiger partial charge in [0.05, 0.1) is 10.4 Å². The Morgan fingerprint density at radius 1 is 0.821 bits per heavy atom. The molecule has 0 unspecified atom stereocenters. The van der Waals surface area contributed by atoms with E-state index in [1.54, 1.807) is 54.6 Å². The molecule has 1 N–H and O–H groups in total. The van der Waals surface area contributed by atoms with E-state index in [1.807, 2.05) is 0 Å². The molecule has 4 aromatic rings. The Bertz CT molecular complexity index is 1350. The van der Waals surface area contributed by atoms with Gasteiger partial charge in [0.1, 0.15) is 5.75 Å². The van der Waals surface area contributed by atoms with E-state index in [9.17, 15) is 18.3 Å². The zero-order valence-electron chi connectivity index (χ0n) is 14.4. The van der Waals surface area contributed by atoms with Crippen molar-refractivity contribution in [3.63, 3.8) is 0 Å². The van der Waals surface area contributed by atoms with E-state index in [1.165, 1.54) is 28.8 Å². The van der Waals surface area contributed by atoms with Crippen molar-refractivity contribution < 1.29 is 13.5 Å². The van der Waals surface area contributed by atoms with E-state index in [0.717, 1.165) is 0 Å². The number of pyridine rings is 1. The Balaban J connectivity index is 2.14. The molecule has 0 radical (unpaired) electrons. The molecule has 0 aliphatic carbocycles. The van der Waals surface area contributed by atoms with Crippen LogP contribution in [0.15, 0.2) is 93.4 Å². The van der Waals surface area contributed by atoms with Gasteiger partial charge < -0.3 is 5.11 Å². The molecule has 0 fully saturated rings. The average Bonchev–Trinajstić information content (AvgIpc) is 2.69. The molecule has 0 aliphatic rings. The fourth-order valence-corrected chi connectivity index (χ4v) is 4.65. The third-order valence-corrected chi connectivity index (χ3v) is 6.47. The van der Waals surface area contributed by atoms with Crippen LogP contribution in [-0.2, 0) is 9.84 Å². The van der Waals surface area contributed by atoms with Gasteiger partial charge in [-0.1, -0.05) is 41.9 Å². The van der Waals surface area contributed by atoms with Gasteiger partial charge in [0.2, 0.25) is 9.84 Å². The van der Waals surface area contributed by atoms with Gasteiger partial charge >= 0.3 is 0 Å². The lowest BCUT2D eigenvalue weighted by molar-refractivity contribution is 0.461. The van der Waals surface area contributed by atoms with Crippen LogP contribution in [0, 0.1) is 0 Å². The lowest BCUT2D eigenvalue weighted by Crippen LogP contribution is -2.25. The molecule has 0 atom stereocenters. The summed E-state index contributed by atoms with van der Waals surface area (Å²) >= 11 is 5.84. The van der Waals surface area contributed by atoms with E-state index in [2.05, 4.69) is 0 Å². The molecule has 0 bridgehead atoms. The Kier molecular flexibility index (Phi) is 4.45. The molecule has 0 amide bonds. The maximum Gasteiger partial charge on any atom is 0.278 e. The highest BCUT2D eigenvalue weighted by molar-refractivity contribution is 7.91. The summed E-state index contributed by atoms with van der Waals surface area (Å²) in [6.07, 6.45) is 0. The van der Waals surface area contributed by atoms with Gasteiger partial charge in [0.15, 0.2) is 4.90 Å². The van der Waals surface area contributed by atoms with E-state index >= 15 is 0 Å². The summed E-state index contributed by atoms with van der Waals surface area (Å²) in [5.74, 6) is -0.567. The molecule has 7 heteroatoms. The standard InChI is InChI=1S/C21H14ClNO4S/c22-14-10-12-16(13-11-14)28(26,27)20-19(24)17-8-4-5-9-18(17)23(21(20)25)15-6-2-1-3-7-15/h1-13,24H. The second-order valence-electron chi connectivity index (χ2n) is 6.13. The SMILES string of the molecule is O=c1c(S(=O)(=O)c2ccc(Cl)cc2)c(O)c2ccccc2n1-c1ccccc1. The highest BCUT2D eigenvalue weighted by Crippen LogP contribution is 2.33. The average molecular weight is 412 g/mol. The van der Waals surface area contributed by atoms with Crippen molar-refractivity contribution in [1.82, 2.24) is 4.57 Å². The molecule has 1 aromatic heterocycles. The molecule has 28 heavy (non-hydrogen) atoms. The van der Waals surface area contributed by atoms with Gasteiger partial charge in [-0.2, -0.15) is 0 Å². The summed E-state index contributed by atoms with van der Waals surface area (Å²) < 4.78 is 27.7. The van der Waals surface area contributed by atoms with Crippen LogP contribution in [0.25, 0.3) is 16.6 Å². The van der Waals surface area contributed by atoms with Crippen LogP contribution in [0.3, 0.4) is 0 Å². The second-order valence-corrected chi connectivity index (χ2v) is 8.45. The van der Waals surface area contributed by atoms with Crippen LogP contribution < -0.4 is 5.56 Å². The summed E-state index contributed by atoms with van der Waals surface area (Å²) in [5.41, 5.74) is 0.0832. The topological polar surface area (TPSA) is 76.4 Å². The summed E-state index contributed by atoms with van der Waals surface area (Å²) in [5, 5.41) is 11.4. The van der Waals surface area contributed by atoms with Gasteiger partial charge in [0, 0.05) is 16.1 Å². The first-order chi connectivity index (χ1) is 13.4. The Morgan fingerprint density at radius 2 is 1.43 bits per heavy atom. The van der Waals surface area contributed by atoms with Crippen molar-refractivity contribution >= 4 is 32.3 Å². The summed E-state index contributed by atoms with van der Waals surface area (Å²) in [6, 6.07) is 20.7. The molecule has 5 nitrogen and oxygen atoms in total. The zero-order chi connectivity index (χ0) is 19.9. The van der Waals surface area contributed by atoms with Gasteiger partial charge in [0.25, 0.3) is 5.56 Å². The number of para-hydroxylation sites is 2. The lowest BCUT2D eigenvalue weighted by atomic mass is 10.2. The monoisotopic (exact) mass is 411 g/mol. The number of aromatic nitrogens is 1. The number of aromatic hydroxyl groups is 1. The first-order valence-corrected chi connectivity index (χ1v) is 10.2. The fraction of sp³-hybridized carbons (Fsp3) is 0. The third kappa shape index (κ3) is 2.87. The highest BCUT2D eigenvalue weighted by Gasteiger charge is 2.29. The van der Waals surface area contributed by atoms with E-state index < -0.39 is 26.0 Å². The summed E-state index contributed by atoms with van der Waals surface area (Å²) in [4.78, 5) is 12.5. The van der Waals surface area contributed by atoms with Crippen LogP contribution in [-0.4, -0.2) is 18.1 Å². The first-order valence-electron chi connectivity index (χ1n) is 8.34. The smallest absolute Gasteiger partial charge is 0.278 e. The maximum absolute atomic E-state index is 13.3. The minimum absolute atomic E-state index is 0.126. The molecule has 1 heterocycles. The minimum Gasteiger partial charge on any atom is -0.506 e. The Morgan fingerprint density at radius 3 is 2.11 bits per heavy atom. The van der Waals surface area contributed by atoms with Crippen LogP contribution in [0.5, 0.6) is 5.75 Å². The normalized spacial score (nSPS) is 11.6. The molecule has 0 saturated heterocycles. The van der Waals surface area contributed by atoms with Crippen molar-refractivity contribution in [2.24, 2.45) is 0 Å². The van der Waals surface area contributed by atoms with Gasteiger partial charge in [-0.3, -0.25) is 9.36 Å². The number of benzene rings is 3. The predicted molar refractivity (Wildman–Crippen MR) is 108 cm³/mol. The van der Waals surface area contributed by atoms with Crippen molar-refractivity contribution in [2.75, 3.05) is 0 Å². The Labute approximate surface area is 166 Å². The van der Waals surface area contributed by atoms with Crippen molar-refractivity contribution in [3.05, 3.63) is 94.2 Å². The largest absolute Gasteiger partial charge is 0.506 e. The van der Waals surface area contributed by atoms with E-state index in [4.69, 9.17) is 11.6 Å². The highest BCUT2D eigenvalue weighted by atomic mass is 35.5. The van der Waals surface area contributed by atoms with E-state index in [-0.39, 0.29) is 10.3 Å². The van der Waals surface area contributed by atoms with Crippen molar-refractivity contribution in [1.29, 1.82) is 0 Å². The maximum atomic E-state index is 13.3. The Hall–Kier alpha value is -3.09. The fourth-order valence-electron chi connectivity index (χ4n) is 3.11. The second kappa shape index (κ2) is 6.82. The number of fused-ring (bicyclic) bond motifs is 1. The van der Waals surface area contributed by atoms with Gasteiger partial charge in [-0.15, -0.1) is 0 Å². The zero-order valence-corrected chi connectivity index (χ0v) is 16.0. The number of hydrogen-bond acceptors (Lipinski definition) is 4. The molecule has 4 rings (SSSR count). The number of halogens is 1. The molecule has 0 saturated carbocycles. The van der Waals surface area contributed by atoms with Crippen LogP contribution >= 0.6 is 11.6 Å². The molecule has 140 valence electrons. The quantitative estimate of drug-likeness (QED) is 0.548. The third-order valence-electron chi connectivity index (χ3n) is 4.42. The lowest BCUT2D eigenvalue weighted by Gasteiger charge is -2.15. The van der Waals surface area contributed by atoms with E-state index in [0.29, 0.717) is 16.2 Å². The minimum atomic E-state index is -4.28. The molecule has 0 spiro atoms. The summed E-state index contributed by atoms with van der Waals surface area (Å²) in [7, 11) is -4.28. The number of hydrogen-bond donors (Lipinski definition) is 1. The van der Waals surface area contributed by atoms with Crippen molar-refractivity contribution in [3.8, 4) is 11.4 Å². The van der Waals surface area contributed by atoms with Gasteiger partial charge in [-0.05, 0) is 48.5 Å². The molecule has 0 aliphatic heterocycles. The predicted octanol–water partition coefficient (Wildman–Crippen LogP) is 4.18. The number of rotatable bonds is 3. The van der Waals surface area contributed by atoms with Gasteiger partial charge in [-0.25, -0.2) is 8.42 Å². The molecular formula is C21H14ClNO4S. The number of nitrogens with zero attached hydrogens (tertiary/aromatic N) is 1. The van der Waals surface area contributed by atoms with Crippen LogP contribution in [0.1, 0.15) is 0 Å². The molecular weight excluding hydrogens is 398 g/mol.